The Bertz CT molecular complexity index is 475. The summed E-state index contributed by atoms with van der Waals surface area (Å²) in [5.74, 6) is -0.419. The minimum absolute atomic E-state index is 0.183. The molecule has 70 valence electrons. The highest BCUT2D eigenvalue weighted by Crippen LogP contribution is 2.13. The van der Waals surface area contributed by atoms with Crippen molar-refractivity contribution in [1.29, 1.82) is 0 Å². The zero-order valence-corrected chi connectivity index (χ0v) is 7.18. The van der Waals surface area contributed by atoms with Crippen molar-refractivity contribution < 1.29 is 14.4 Å². The van der Waals surface area contributed by atoms with Gasteiger partial charge in [0.2, 0.25) is 0 Å². The number of aromatic nitrogens is 1. The predicted octanol–water partition coefficient (Wildman–Crippen LogP) is 0.0537. The van der Waals surface area contributed by atoms with Crippen LogP contribution >= 0.6 is 0 Å². The molecule has 0 saturated carbocycles. The van der Waals surface area contributed by atoms with Gasteiger partial charge in [-0.25, -0.2) is 4.39 Å². The summed E-state index contributed by atoms with van der Waals surface area (Å²) in [6, 6.07) is 5.89. The van der Waals surface area contributed by atoms with Gasteiger partial charge in [-0.1, -0.05) is 6.07 Å². The van der Waals surface area contributed by atoms with Crippen molar-refractivity contribution in [3.63, 3.8) is 0 Å². The van der Waals surface area contributed by atoms with E-state index >= 15 is 0 Å². The molecular formula is C9H7BFNO2. The quantitative estimate of drug-likeness (QED) is 0.626. The Labute approximate surface area is 80.0 Å². The maximum absolute atomic E-state index is 13.2. The lowest BCUT2D eigenvalue weighted by atomic mass is 9.81. The van der Waals surface area contributed by atoms with E-state index < -0.39 is 12.9 Å². The van der Waals surface area contributed by atoms with Crippen molar-refractivity contribution in [2.24, 2.45) is 0 Å². The van der Waals surface area contributed by atoms with Crippen molar-refractivity contribution in [3.8, 4) is 0 Å². The van der Waals surface area contributed by atoms with E-state index in [9.17, 15) is 4.39 Å². The summed E-state index contributed by atoms with van der Waals surface area (Å²) >= 11 is 0. The van der Waals surface area contributed by atoms with E-state index in [1.54, 1.807) is 12.1 Å². The molecule has 2 N–H and O–H groups in total. The van der Waals surface area contributed by atoms with Crippen LogP contribution in [-0.2, 0) is 0 Å². The molecule has 0 radical (unpaired) electrons. The van der Waals surface area contributed by atoms with Crippen LogP contribution in [0.3, 0.4) is 0 Å². The first-order valence-electron chi connectivity index (χ1n) is 4.09. The molecule has 0 saturated heterocycles. The van der Waals surface area contributed by atoms with E-state index in [0.29, 0.717) is 5.52 Å². The van der Waals surface area contributed by atoms with Crippen molar-refractivity contribution in [3.05, 3.63) is 36.3 Å². The van der Waals surface area contributed by atoms with Gasteiger partial charge in [-0.3, -0.25) is 4.98 Å². The second kappa shape index (κ2) is 3.36. The zero-order valence-electron chi connectivity index (χ0n) is 7.18. The second-order valence-corrected chi connectivity index (χ2v) is 2.95. The van der Waals surface area contributed by atoms with Gasteiger partial charge in [-0.15, -0.1) is 0 Å². The summed E-state index contributed by atoms with van der Waals surface area (Å²) in [4.78, 5) is 3.90. The minimum Gasteiger partial charge on any atom is -0.423 e. The fraction of sp³-hybridized carbons (Fsp3) is 0. The van der Waals surface area contributed by atoms with E-state index in [4.69, 9.17) is 10.0 Å². The Morgan fingerprint density at radius 2 is 2.07 bits per heavy atom. The summed E-state index contributed by atoms with van der Waals surface area (Å²) in [6.45, 7) is 0. The topological polar surface area (TPSA) is 53.4 Å². The largest absolute Gasteiger partial charge is 0.490 e. The Morgan fingerprint density at radius 3 is 2.79 bits per heavy atom. The molecule has 0 bridgehead atoms. The van der Waals surface area contributed by atoms with E-state index in [0.717, 1.165) is 0 Å². The molecule has 0 amide bonds. The van der Waals surface area contributed by atoms with Crippen LogP contribution in [0.15, 0.2) is 30.5 Å². The standard InChI is InChI=1S/C9H7BFNO2/c11-8-2-1-3-9-7(8)4-6(5-12-9)10(13)14/h1-5,13-14H. The van der Waals surface area contributed by atoms with Gasteiger partial charge in [0.05, 0.1) is 5.52 Å². The van der Waals surface area contributed by atoms with E-state index in [-0.39, 0.29) is 10.8 Å². The Hall–Kier alpha value is -1.46. The monoisotopic (exact) mass is 191 g/mol. The maximum atomic E-state index is 13.2. The third-order valence-electron chi connectivity index (χ3n) is 1.99. The number of fused-ring (bicyclic) bond motifs is 1. The van der Waals surface area contributed by atoms with Crippen LogP contribution in [0.5, 0.6) is 0 Å². The first kappa shape index (κ1) is 9.11. The molecule has 3 nitrogen and oxygen atoms in total. The summed E-state index contributed by atoms with van der Waals surface area (Å²) < 4.78 is 13.2. The number of pyridine rings is 1. The molecular weight excluding hydrogens is 184 g/mol. The number of hydrogen-bond acceptors (Lipinski definition) is 3. The summed E-state index contributed by atoms with van der Waals surface area (Å²) in [6.07, 6.45) is 1.31. The van der Waals surface area contributed by atoms with Crippen LogP contribution in [0.2, 0.25) is 0 Å². The lowest BCUT2D eigenvalue weighted by Crippen LogP contribution is -2.30. The fourth-order valence-electron chi connectivity index (χ4n) is 1.27. The zero-order chi connectivity index (χ0) is 10.1. The number of nitrogens with zero attached hydrogens (tertiary/aromatic N) is 1. The highest BCUT2D eigenvalue weighted by molar-refractivity contribution is 6.58. The van der Waals surface area contributed by atoms with Gasteiger partial charge < -0.3 is 10.0 Å². The molecule has 1 aromatic heterocycles. The normalized spacial score (nSPS) is 10.5. The number of hydrogen-bond donors (Lipinski definition) is 2. The molecule has 2 aromatic rings. The molecule has 0 fully saturated rings. The Balaban J connectivity index is 2.70. The summed E-state index contributed by atoms with van der Waals surface area (Å²) in [7, 11) is -1.62. The maximum Gasteiger partial charge on any atom is 0.490 e. The Morgan fingerprint density at radius 1 is 1.29 bits per heavy atom. The van der Waals surface area contributed by atoms with Crippen molar-refractivity contribution >= 4 is 23.5 Å². The molecule has 1 aromatic carbocycles. The van der Waals surface area contributed by atoms with Crippen LogP contribution in [0.1, 0.15) is 0 Å². The van der Waals surface area contributed by atoms with Gasteiger partial charge in [0.1, 0.15) is 5.82 Å². The smallest absolute Gasteiger partial charge is 0.423 e. The Kier molecular flexibility index (Phi) is 2.19. The molecule has 0 aliphatic carbocycles. The highest BCUT2D eigenvalue weighted by Gasteiger charge is 2.12. The summed E-state index contributed by atoms with van der Waals surface area (Å²) in [5.41, 5.74) is 0.678. The average molecular weight is 191 g/mol. The van der Waals surface area contributed by atoms with Gasteiger partial charge in [0.15, 0.2) is 0 Å². The number of rotatable bonds is 1. The first-order valence-corrected chi connectivity index (χ1v) is 4.09. The number of halogens is 1. The minimum atomic E-state index is -1.62. The molecule has 0 unspecified atom stereocenters. The molecule has 0 aliphatic heterocycles. The third kappa shape index (κ3) is 1.47. The third-order valence-corrected chi connectivity index (χ3v) is 1.99. The highest BCUT2D eigenvalue weighted by atomic mass is 19.1. The van der Waals surface area contributed by atoms with Crippen LogP contribution in [0.25, 0.3) is 10.9 Å². The molecule has 0 aliphatic rings. The SMILES string of the molecule is OB(O)c1cnc2cccc(F)c2c1. The van der Waals surface area contributed by atoms with Gasteiger partial charge >= 0.3 is 7.12 Å². The van der Waals surface area contributed by atoms with Gasteiger partial charge in [-0.2, -0.15) is 0 Å². The van der Waals surface area contributed by atoms with Crippen molar-refractivity contribution in [2.75, 3.05) is 0 Å². The summed E-state index contributed by atoms with van der Waals surface area (Å²) in [5, 5.41) is 18.0. The molecule has 0 spiro atoms. The predicted molar refractivity (Wildman–Crippen MR) is 51.5 cm³/mol. The molecule has 1 heterocycles. The second-order valence-electron chi connectivity index (χ2n) is 2.95. The van der Waals surface area contributed by atoms with Crippen molar-refractivity contribution in [2.45, 2.75) is 0 Å². The molecule has 14 heavy (non-hydrogen) atoms. The van der Waals surface area contributed by atoms with E-state index in [2.05, 4.69) is 4.98 Å². The lowest BCUT2D eigenvalue weighted by Gasteiger charge is -2.02. The van der Waals surface area contributed by atoms with Crippen LogP contribution < -0.4 is 5.46 Å². The molecule has 0 atom stereocenters. The van der Waals surface area contributed by atoms with Gasteiger partial charge in [-0.05, 0) is 18.2 Å². The van der Waals surface area contributed by atoms with Gasteiger partial charge in [0.25, 0.3) is 0 Å². The molecule has 5 heteroatoms. The fourth-order valence-corrected chi connectivity index (χ4v) is 1.27. The van der Waals surface area contributed by atoms with E-state index in [1.165, 1.54) is 18.3 Å². The van der Waals surface area contributed by atoms with Crippen LogP contribution in [-0.4, -0.2) is 22.2 Å². The van der Waals surface area contributed by atoms with Crippen LogP contribution in [0.4, 0.5) is 4.39 Å². The lowest BCUT2D eigenvalue weighted by molar-refractivity contribution is 0.425. The van der Waals surface area contributed by atoms with Crippen molar-refractivity contribution in [1.82, 2.24) is 4.98 Å². The van der Waals surface area contributed by atoms with Crippen LogP contribution in [0, 0.1) is 5.82 Å². The van der Waals surface area contributed by atoms with Gasteiger partial charge in [0, 0.05) is 17.0 Å². The average Bonchev–Trinajstić information content (AvgIpc) is 2.18. The number of benzene rings is 1. The first-order chi connectivity index (χ1) is 6.68. The van der Waals surface area contributed by atoms with E-state index in [1.807, 2.05) is 0 Å². The molecule has 2 rings (SSSR count).